The van der Waals surface area contributed by atoms with E-state index in [0.29, 0.717) is 11.9 Å². The van der Waals surface area contributed by atoms with Crippen molar-refractivity contribution < 1.29 is 18.0 Å². The highest BCUT2D eigenvalue weighted by molar-refractivity contribution is 5.93. The number of carbonyl (C=O) groups is 1. The minimum absolute atomic E-state index is 0.179. The maximum absolute atomic E-state index is 12.4. The summed E-state index contributed by atoms with van der Waals surface area (Å²) in [7, 11) is 0. The van der Waals surface area contributed by atoms with Gasteiger partial charge in [0.15, 0.2) is 5.82 Å². The lowest BCUT2D eigenvalue weighted by atomic mass is 10.2. The number of pyridine rings is 1. The van der Waals surface area contributed by atoms with Gasteiger partial charge in [-0.05, 0) is 19.1 Å². The van der Waals surface area contributed by atoms with Gasteiger partial charge in [-0.2, -0.15) is 18.3 Å². The van der Waals surface area contributed by atoms with Crippen LogP contribution >= 0.6 is 0 Å². The van der Waals surface area contributed by atoms with E-state index in [0.717, 1.165) is 6.07 Å². The molecule has 0 atom stereocenters. The van der Waals surface area contributed by atoms with Crippen LogP contribution in [-0.4, -0.2) is 20.7 Å². The fourth-order valence-electron chi connectivity index (χ4n) is 1.56. The van der Waals surface area contributed by atoms with Gasteiger partial charge in [0.1, 0.15) is 0 Å². The second kappa shape index (κ2) is 4.38. The highest BCUT2D eigenvalue weighted by Crippen LogP contribution is 2.28. The number of carbonyl (C=O) groups excluding carboxylic acids is 1. The van der Waals surface area contributed by atoms with Gasteiger partial charge in [-0.25, -0.2) is 9.67 Å². The lowest BCUT2D eigenvalue weighted by Crippen LogP contribution is -2.12. The number of primary amides is 1. The van der Waals surface area contributed by atoms with Gasteiger partial charge in [-0.1, -0.05) is 0 Å². The topological polar surface area (TPSA) is 73.8 Å². The van der Waals surface area contributed by atoms with Crippen LogP contribution in [-0.2, 0) is 6.18 Å². The number of aromatic nitrogens is 3. The Hall–Kier alpha value is -2.38. The minimum atomic E-state index is -4.44. The molecule has 0 spiro atoms. The normalized spacial score (nSPS) is 11.6. The van der Waals surface area contributed by atoms with Crippen molar-refractivity contribution in [1.29, 1.82) is 0 Å². The Morgan fingerprint density at radius 2 is 2.00 bits per heavy atom. The third kappa shape index (κ3) is 2.42. The van der Waals surface area contributed by atoms with Crippen LogP contribution in [0.15, 0.2) is 24.5 Å². The molecule has 2 aromatic rings. The predicted molar refractivity (Wildman–Crippen MR) is 59.6 cm³/mol. The van der Waals surface area contributed by atoms with E-state index < -0.39 is 17.6 Å². The molecule has 19 heavy (non-hydrogen) atoms. The summed E-state index contributed by atoms with van der Waals surface area (Å²) in [4.78, 5) is 14.7. The van der Waals surface area contributed by atoms with Crippen molar-refractivity contribution in [3.8, 4) is 5.82 Å². The quantitative estimate of drug-likeness (QED) is 0.902. The van der Waals surface area contributed by atoms with Gasteiger partial charge < -0.3 is 5.73 Å². The van der Waals surface area contributed by atoms with Crippen LogP contribution in [0.2, 0.25) is 0 Å². The van der Waals surface area contributed by atoms with Crippen LogP contribution in [0.4, 0.5) is 13.2 Å². The molecule has 0 aliphatic heterocycles. The Balaban J connectivity index is 2.41. The zero-order chi connectivity index (χ0) is 14.2. The first-order chi connectivity index (χ1) is 8.80. The van der Waals surface area contributed by atoms with Crippen molar-refractivity contribution in [2.45, 2.75) is 13.1 Å². The van der Waals surface area contributed by atoms with Crippen LogP contribution in [0.1, 0.15) is 21.6 Å². The fraction of sp³-hybridized carbons (Fsp3) is 0.182. The number of amides is 1. The van der Waals surface area contributed by atoms with E-state index in [9.17, 15) is 18.0 Å². The molecule has 100 valence electrons. The Bertz CT molecular complexity index is 616. The predicted octanol–water partition coefficient (Wildman–Crippen LogP) is 1.69. The summed E-state index contributed by atoms with van der Waals surface area (Å²) in [6, 6.07) is 2.07. The maximum atomic E-state index is 12.4. The molecule has 2 rings (SSSR count). The summed E-state index contributed by atoms with van der Waals surface area (Å²) in [5.41, 5.74) is 4.89. The third-order valence-corrected chi connectivity index (χ3v) is 2.57. The lowest BCUT2D eigenvalue weighted by Gasteiger charge is -2.07. The van der Waals surface area contributed by atoms with Crippen molar-refractivity contribution in [3.63, 3.8) is 0 Å². The van der Waals surface area contributed by atoms with Crippen LogP contribution in [0.5, 0.6) is 0 Å². The molecule has 5 nitrogen and oxygen atoms in total. The number of nitrogens with zero attached hydrogens (tertiary/aromatic N) is 3. The molecule has 2 aromatic heterocycles. The van der Waals surface area contributed by atoms with Crippen LogP contribution in [0, 0.1) is 6.92 Å². The molecule has 8 heteroatoms. The minimum Gasteiger partial charge on any atom is -0.365 e. The van der Waals surface area contributed by atoms with E-state index in [4.69, 9.17) is 5.73 Å². The first-order valence-corrected chi connectivity index (χ1v) is 5.18. The monoisotopic (exact) mass is 270 g/mol. The molecule has 0 fully saturated rings. The lowest BCUT2D eigenvalue weighted by molar-refractivity contribution is -0.137. The number of hydrogen-bond donors (Lipinski definition) is 1. The fourth-order valence-corrected chi connectivity index (χ4v) is 1.56. The van der Waals surface area contributed by atoms with Crippen molar-refractivity contribution in [2.24, 2.45) is 5.73 Å². The molecule has 1 amide bonds. The molecule has 2 heterocycles. The average Bonchev–Trinajstić information content (AvgIpc) is 2.70. The van der Waals surface area contributed by atoms with E-state index in [1.54, 1.807) is 6.92 Å². The Morgan fingerprint density at radius 1 is 1.32 bits per heavy atom. The number of rotatable bonds is 2. The average molecular weight is 270 g/mol. The standard InChI is InChI=1S/C11H9F3N4O/c1-6-8(10(15)19)5-17-18(6)9-3-2-7(4-16-9)11(12,13)14/h2-5H,1H3,(H2,15,19). The highest BCUT2D eigenvalue weighted by Gasteiger charge is 2.30. The summed E-state index contributed by atoms with van der Waals surface area (Å²) in [6.45, 7) is 1.58. The van der Waals surface area contributed by atoms with E-state index in [1.165, 1.54) is 16.9 Å². The number of halogens is 3. The molecule has 2 N–H and O–H groups in total. The molecular formula is C11H9F3N4O. The Morgan fingerprint density at radius 3 is 2.42 bits per heavy atom. The first kappa shape index (κ1) is 13.1. The third-order valence-electron chi connectivity index (χ3n) is 2.57. The molecule has 0 radical (unpaired) electrons. The SMILES string of the molecule is Cc1c(C(N)=O)cnn1-c1ccc(C(F)(F)F)cn1. The Kier molecular flexibility index (Phi) is 3.01. The van der Waals surface area contributed by atoms with Crippen molar-refractivity contribution in [3.05, 3.63) is 41.3 Å². The highest BCUT2D eigenvalue weighted by atomic mass is 19.4. The summed E-state index contributed by atoms with van der Waals surface area (Å²) in [5, 5.41) is 3.87. The first-order valence-electron chi connectivity index (χ1n) is 5.18. The molecule has 0 unspecified atom stereocenters. The zero-order valence-electron chi connectivity index (χ0n) is 9.77. The summed E-state index contributed by atoms with van der Waals surface area (Å²) in [5.74, 6) is -0.478. The largest absolute Gasteiger partial charge is 0.417 e. The van der Waals surface area contributed by atoms with Gasteiger partial charge in [-0.3, -0.25) is 4.79 Å². The molecule has 0 bridgehead atoms. The van der Waals surface area contributed by atoms with E-state index in [1.807, 2.05) is 0 Å². The molecule has 0 saturated carbocycles. The van der Waals surface area contributed by atoms with Gasteiger partial charge in [-0.15, -0.1) is 0 Å². The van der Waals surface area contributed by atoms with Gasteiger partial charge in [0.05, 0.1) is 23.0 Å². The van der Waals surface area contributed by atoms with Crippen LogP contribution in [0.25, 0.3) is 5.82 Å². The van der Waals surface area contributed by atoms with Crippen LogP contribution < -0.4 is 5.73 Å². The maximum Gasteiger partial charge on any atom is 0.417 e. The van der Waals surface area contributed by atoms with Crippen LogP contribution in [0.3, 0.4) is 0 Å². The summed E-state index contributed by atoms with van der Waals surface area (Å²) in [6.07, 6.45) is -2.49. The van der Waals surface area contributed by atoms with E-state index in [2.05, 4.69) is 10.1 Å². The van der Waals surface area contributed by atoms with E-state index >= 15 is 0 Å². The summed E-state index contributed by atoms with van der Waals surface area (Å²) < 4.78 is 38.4. The van der Waals surface area contributed by atoms with Crippen molar-refractivity contribution in [2.75, 3.05) is 0 Å². The second-order valence-electron chi connectivity index (χ2n) is 3.82. The molecule has 0 saturated heterocycles. The van der Waals surface area contributed by atoms with Gasteiger partial charge in [0.25, 0.3) is 5.91 Å². The second-order valence-corrected chi connectivity index (χ2v) is 3.82. The number of alkyl halides is 3. The molecule has 0 aromatic carbocycles. The Labute approximate surface area is 105 Å². The van der Waals surface area contributed by atoms with Gasteiger partial charge in [0.2, 0.25) is 0 Å². The van der Waals surface area contributed by atoms with E-state index in [-0.39, 0.29) is 11.4 Å². The smallest absolute Gasteiger partial charge is 0.365 e. The van der Waals surface area contributed by atoms with Crippen molar-refractivity contribution in [1.82, 2.24) is 14.8 Å². The molecule has 0 aliphatic carbocycles. The number of hydrogen-bond acceptors (Lipinski definition) is 3. The number of nitrogens with two attached hydrogens (primary N) is 1. The molecular weight excluding hydrogens is 261 g/mol. The molecule has 0 aliphatic rings. The van der Waals surface area contributed by atoms with Crippen molar-refractivity contribution >= 4 is 5.91 Å². The van der Waals surface area contributed by atoms with Gasteiger partial charge >= 0.3 is 6.18 Å². The zero-order valence-corrected chi connectivity index (χ0v) is 9.77. The van der Waals surface area contributed by atoms with Gasteiger partial charge in [0, 0.05) is 6.20 Å². The summed E-state index contributed by atoms with van der Waals surface area (Å²) >= 11 is 0.